The summed E-state index contributed by atoms with van der Waals surface area (Å²) in [5, 5.41) is 2.90. The fraction of sp³-hybridized carbons (Fsp3) is 0.150. The molecule has 0 saturated carbocycles. The van der Waals surface area contributed by atoms with Crippen LogP contribution in [0, 0.1) is 0 Å². The molecule has 12 nitrogen and oxygen atoms in total. The number of nitrogens with zero attached hydrogens (tertiary/aromatic N) is 1. The second-order valence-corrected chi connectivity index (χ2v) is 6.74. The van der Waals surface area contributed by atoms with Crippen molar-refractivity contribution in [3.05, 3.63) is 57.4 Å². The number of ether oxygens (including phenoxy) is 2. The molecule has 0 spiro atoms. The van der Waals surface area contributed by atoms with Crippen LogP contribution in [0.2, 0.25) is 0 Å². The molecular formula is C20H18N6O6. The maximum atomic E-state index is 12.6. The molecule has 0 radical (unpaired) electrons. The van der Waals surface area contributed by atoms with Gasteiger partial charge in [-0.3, -0.25) is 0 Å². The van der Waals surface area contributed by atoms with Gasteiger partial charge in [-0.05, 0) is 36.4 Å². The second-order valence-electron chi connectivity index (χ2n) is 6.74. The van der Waals surface area contributed by atoms with Gasteiger partial charge in [-0.1, -0.05) is 0 Å². The Morgan fingerprint density at radius 2 is 1.44 bits per heavy atom. The van der Waals surface area contributed by atoms with E-state index in [-0.39, 0.29) is 17.1 Å². The summed E-state index contributed by atoms with van der Waals surface area (Å²) in [5.74, 6) is -1.64. The lowest BCUT2D eigenvalue weighted by Crippen LogP contribution is -2.43. The summed E-state index contributed by atoms with van der Waals surface area (Å²) in [6.45, 7) is 0. The largest absolute Gasteiger partial charge is 0.467 e. The van der Waals surface area contributed by atoms with Gasteiger partial charge in [0.05, 0.1) is 42.0 Å². The third-order valence-corrected chi connectivity index (χ3v) is 4.68. The summed E-state index contributed by atoms with van der Waals surface area (Å²) in [5.41, 5.74) is 1.81. The fourth-order valence-electron chi connectivity index (χ4n) is 3.21. The summed E-state index contributed by atoms with van der Waals surface area (Å²) < 4.78 is 9.69. The first-order valence-electron chi connectivity index (χ1n) is 9.33. The molecule has 1 unspecified atom stereocenters. The molecule has 4 aromatic rings. The Bertz CT molecular complexity index is 1470. The van der Waals surface area contributed by atoms with Crippen molar-refractivity contribution in [1.82, 2.24) is 19.9 Å². The number of nitrogens with one attached hydrogen (secondary N) is 5. The SMILES string of the molecule is COC(=O)C(=Nc1ccc2[nH]c(=O)[nH]c2c1)C(Nc1ccc2[nH]c(=O)[nH]c2c1)C(=O)OC. The molecule has 2 heterocycles. The van der Waals surface area contributed by atoms with Gasteiger partial charge >= 0.3 is 23.3 Å². The molecule has 0 aliphatic heterocycles. The fourth-order valence-corrected chi connectivity index (χ4v) is 3.21. The molecule has 2 aromatic heterocycles. The molecule has 12 heteroatoms. The van der Waals surface area contributed by atoms with Crippen molar-refractivity contribution in [2.24, 2.45) is 4.99 Å². The molecular weight excluding hydrogens is 420 g/mol. The van der Waals surface area contributed by atoms with Crippen LogP contribution in [0.4, 0.5) is 11.4 Å². The quantitative estimate of drug-likeness (QED) is 0.220. The number of esters is 2. The number of carbonyl (C=O) groups is 2. The maximum absolute atomic E-state index is 12.6. The van der Waals surface area contributed by atoms with Gasteiger partial charge in [-0.25, -0.2) is 24.2 Å². The zero-order valence-corrected chi connectivity index (χ0v) is 16.9. The topological polar surface area (TPSA) is 174 Å². The number of aromatic nitrogens is 4. The van der Waals surface area contributed by atoms with Crippen LogP contribution in [0.15, 0.2) is 51.0 Å². The van der Waals surface area contributed by atoms with E-state index in [4.69, 9.17) is 9.47 Å². The molecule has 5 N–H and O–H groups in total. The standard InChI is InChI=1S/C20H18N6O6/c1-31-17(27)15(21-9-3-5-11-13(7-9)25-19(29)23-11)16(18(28)32-2)22-10-4-6-12-14(8-10)26-20(30)24-12/h3-8,15,21H,1-2H3,(H2,23,25,29)(H2,24,26,30). The zero-order chi connectivity index (χ0) is 22.8. The monoisotopic (exact) mass is 438 g/mol. The van der Waals surface area contributed by atoms with Crippen LogP contribution in [-0.4, -0.2) is 57.8 Å². The van der Waals surface area contributed by atoms with E-state index in [0.29, 0.717) is 33.4 Å². The highest BCUT2D eigenvalue weighted by atomic mass is 16.5. The molecule has 4 rings (SSSR count). The summed E-state index contributed by atoms with van der Waals surface area (Å²) in [4.78, 5) is 62.8. The van der Waals surface area contributed by atoms with Gasteiger partial charge in [0.15, 0.2) is 11.8 Å². The zero-order valence-electron chi connectivity index (χ0n) is 16.9. The number of benzene rings is 2. The van der Waals surface area contributed by atoms with Gasteiger partial charge in [0.2, 0.25) is 0 Å². The molecule has 0 aliphatic rings. The van der Waals surface area contributed by atoms with Crippen LogP contribution in [0.1, 0.15) is 0 Å². The van der Waals surface area contributed by atoms with E-state index < -0.39 is 18.0 Å². The number of aromatic amines is 4. The molecule has 32 heavy (non-hydrogen) atoms. The van der Waals surface area contributed by atoms with Crippen molar-refractivity contribution in [2.75, 3.05) is 19.5 Å². The average molecular weight is 438 g/mol. The first kappa shape index (κ1) is 20.7. The van der Waals surface area contributed by atoms with Gasteiger partial charge in [0.1, 0.15) is 0 Å². The van der Waals surface area contributed by atoms with Crippen molar-refractivity contribution >= 4 is 51.1 Å². The van der Waals surface area contributed by atoms with E-state index in [0.717, 1.165) is 7.11 Å². The summed E-state index contributed by atoms with van der Waals surface area (Å²) >= 11 is 0. The van der Waals surface area contributed by atoms with Gasteiger partial charge < -0.3 is 34.7 Å². The second kappa shape index (κ2) is 8.26. The number of rotatable bonds is 6. The van der Waals surface area contributed by atoms with E-state index >= 15 is 0 Å². The van der Waals surface area contributed by atoms with Crippen LogP contribution in [0.25, 0.3) is 22.1 Å². The number of aliphatic imine (C=N–C) groups is 1. The lowest BCUT2D eigenvalue weighted by atomic mass is 10.1. The molecule has 1 atom stereocenters. The Labute approximate surface area is 178 Å². The molecule has 0 fully saturated rings. The van der Waals surface area contributed by atoms with E-state index in [2.05, 4.69) is 30.2 Å². The van der Waals surface area contributed by atoms with Crippen LogP contribution in [0.3, 0.4) is 0 Å². The number of hydrogen-bond donors (Lipinski definition) is 5. The minimum Gasteiger partial charge on any atom is -0.467 e. The van der Waals surface area contributed by atoms with E-state index in [1.807, 2.05) is 0 Å². The Hall–Kier alpha value is -4.61. The third kappa shape index (κ3) is 4.01. The number of methoxy groups -OCH3 is 2. The number of fused-ring (bicyclic) bond motifs is 2. The van der Waals surface area contributed by atoms with Gasteiger partial charge in [-0.2, -0.15) is 0 Å². The first-order chi connectivity index (χ1) is 15.4. The minimum absolute atomic E-state index is 0.265. The Kier molecular flexibility index (Phi) is 5.33. The summed E-state index contributed by atoms with van der Waals surface area (Å²) in [7, 11) is 2.34. The highest BCUT2D eigenvalue weighted by molar-refractivity contribution is 6.43. The predicted molar refractivity (Wildman–Crippen MR) is 116 cm³/mol. The highest BCUT2D eigenvalue weighted by Crippen LogP contribution is 2.21. The van der Waals surface area contributed by atoms with Crippen molar-refractivity contribution in [2.45, 2.75) is 6.04 Å². The van der Waals surface area contributed by atoms with E-state index in [1.54, 1.807) is 36.4 Å². The van der Waals surface area contributed by atoms with Crippen molar-refractivity contribution in [3.63, 3.8) is 0 Å². The van der Waals surface area contributed by atoms with E-state index in [9.17, 15) is 19.2 Å². The lowest BCUT2D eigenvalue weighted by Gasteiger charge is -2.18. The van der Waals surface area contributed by atoms with Gasteiger partial charge in [-0.15, -0.1) is 0 Å². The van der Waals surface area contributed by atoms with E-state index in [1.165, 1.54) is 7.11 Å². The molecule has 0 amide bonds. The number of hydrogen-bond acceptors (Lipinski definition) is 8. The van der Waals surface area contributed by atoms with Gasteiger partial charge in [0.25, 0.3) is 0 Å². The molecule has 164 valence electrons. The number of anilines is 1. The van der Waals surface area contributed by atoms with Crippen LogP contribution < -0.4 is 16.7 Å². The minimum atomic E-state index is -1.32. The maximum Gasteiger partial charge on any atom is 0.355 e. The van der Waals surface area contributed by atoms with Crippen molar-refractivity contribution < 1.29 is 19.1 Å². The number of H-pyrrole nitrogens is 4. The van der Waals surface area contributed by atoms with Crippen LogP contribution in [0.5, 0.6) is 0 Å². The molecule has 0 saturated heterocycles. The smallest absolute Gasteiger partial charge is 0.355 e. The predicted octanol–water partition coefficient (Wildman–Crippen LogP) is 0.925. The van der Waals surface area contributed by atoms with Crippen LogP contribution in [-0.2, 0) is 19.1 Å². The molecule has 0 bridgehead atoms. The van der Waals surface area contributed by atoms with Crippen molar-refractivity contribution in [1.29, 1.82) is 0 Å². The number of carbonyl (C=O) groups excluding carboxylic acids is 2. The third-order valence-electron chi connectivity index (χ3n) is 4.68. The lowest BCUT2D eigenvalue weighted by molar-refractivity contribution is -0.141. The highest BCUT2D eigenvalue weighted by Gasteiger charge is 2.31. The van der Waals surface area contributed by atoms with Gasteiger partial charge in [0, 0.05) is 5.69 Å². The Morgan fingerprint density at radius 1 is 0.844 bits per heavy atom. The van der Waals surface area contributed by atoms with Crippen molar-refractivity contribution in [3.8, 4) is 0 Å². The normalized spacial score (nSPS) is 12.6. The van der Waals surface area contributed by atoms with Crippen LogP contribution >= 0.6 is 0 Å². The Balaban J connectivity index is 1.77. The average Bonchev–Trinajstić information content (AvgIpc) is 3.34. The Morgan fingerprint density at radius 3 is 2.06 bits per heavy atom. The summed E-state index contributed by atoms with van der Waals surface area (Å²) in [6.07, 6.45) is 0. The molecule has 2 aromatic carbocycles. The summed E-state index contributed by atoms with van der Waals surface area (Å²) in [6, 6.07) is 8.24. The molecule has 0 aliphatic carbocycles. The first-order valence-corrected chi connectivity index (χ1v) is 9.33. The number of imidazole rings is 2.